The van der Waals surface area contributed by atoms with Crippen molar-refractivity contribution in [1.29, 1.82) is 0 Å². The van der Waals surface area contributed by atoms with Gasteiger partial charge in [-0.05, 0) is 50.3 Å². The van der Waals surface area contributed by atoms with Gasteiger partial charge < -0.3 is 21.3 Å². The molecule has 1 aliphatic carbocycles. The predicted octanol–water partition coefficient (Wildman–Crippen LogP) is 2.90. The van der Waals surface area contributed by atoms with Crippen LogP contribution in [0.25, 0.3) is 0 Å². The zero-order chi connectivity index (χ0) is 31.6. The van der Waals surface area contributed by atoms with Crippen molar-refractivity contribution in [3.05, 3.63) is 56.2 Å². The summed E-state index contributed by atoms with van der Waals surface area (Å²) in [6, 6.07) is 2.54. The standard InChI is InChI=1S/C31H47N10O2S2/c1-4-25-13-21-7-5-9-38(16-24-18-40(37-35-24)27-14-28(42)31(27,2)3)10-6-12-43-19-26(29(21)45-25)41-36-23(15-32)17-39(41)11-8-22-20-44-30(33)34-22/h13,17-18,20,26-28,42H,4-12,14-16,19,32H2,1-3H3,(H2,33,34)/q+1. The fraction of sp³-hybridized carbons (Fsp3) is 0.645. The average molecular weight is 656 g/mol. The summed E-state index contributed by atoms with van der Waals surface area (Å²) in [6.07, 6.45) is 9.30. The van der Waals surface area contributed by atoms with Crippen LogP contribution >= 0.6 is 22.7 Å². The van der Waals surface area contributed by atoms with Crippen molar-refractivity contribution in [3.8, 4) is 0 Å². The van der Waals surface area contributed by atoms with E-state index in [9.17, 15) is 5.11 Å². The molecule has 5 N–H and O–H groups in total. The molecular weight excluding hydrogens is 609 g/mol. The first-order chi connectivity index (χ1) is 21.7. The number of rotatable bonds is 9. The minimum Gasteiger partial charge on any atom is -0.392 e. The fourth-order valence-corrected chi connectivity index (χ4v) is 8.28. The largest absolute Gasteiger partial charge is 0.392 e. The van der Waals surface area contributed by atoms with E-state index in [4.69, 9.17) is 21.3 Å². The van der Waals surface area contributed by atoms with Crippen LogP contribution in [-0.4, -0.2) is 72.2 Å². The lowest BCUT2D eigenvalue weighted by atomic mass is 9.65. The Morgan fingerprint density at radius 3 is 2.76 bits per heavy atom. The number of anilines is 1. The van der Waals surface area contributed by atoms with Gasteiger partial charge in [0.1, 0.15) is 12.3 Å². The summed E-state index contributed by atoms with van der Waals surface area (Å²) in [5, 5.41) is 26.7. The van der Waals surface area contributed by atoms with Gasteiger partial charge in [-0.25, -0.2) is 9.67 Å². The number of thiophene rings is 1. The summed E-state index contributed by atoms with van der Waals surface area (Å²) in [7, 11) is 0. The minimum absolute atomic E-state index is 0.0362. The minimum atomic E-state index is -0.287. The molecule has 0 radical (unpaired) electrons. The monoisotopic (exact) mass is 655 g/mol. The van der Waals surface area contributed by atoms with E-state index in [0.717, 1.165) is 81.8 Å². The molecule has 2 aliphatic rings. The molecule has 3 unspecified atom stereocenters. The Morgan fingerprint density at radius 2 is 2.02 bits per heavy atom. The smallest absolute Gasteiger partial charge is 0.267 e. The van der Waals surface area contributed by atoms with Gasteiger partial charge >= 0.3 is 0 Å². The number of fused-ring (bicyclic) bond motifs is 1. The molecule has 4 aromatic heterocycles. The number of nitrogens with two attached hydrogens (primary N) is 2. The second-order valence-corrected chi connectivity index (χ2v) is 15.0. The summed E-state index contributed by atoms with van der Waals surface area (Å²) >= 11 is 3.36. The SMILES string of the molecule is CCc1cc2c(s1)C([n+]1nc(CN)cn1CCc1csc(N)n1)COCCCN(Cc1cn(C3CC(O)C3(C)C)nn1)CCC2. The maximum Gasteiger partial charge on any atom is 0.267 e. The molecule has 0 bridgehead atoms. The molecule has 1 aliphatic heterocycles. The first-order valence-electron chi connectivity index (χ1n) is 16.1. The van der Waals surface area contributed by atoms with Crippen LogP contribution in [0.4, 0.5) is 5.13 Å². The van der Waals surface area contributed by atoms with Crippen molar-refractivity contribution in [1.82, 2.24) is 34.7 Å². The normalized spacial score (nSPS) is 22.8. The van der Waals surface area contributed by atoms with Gasteiger partial charge in [-0.3, -0.25) is 4.90 Å². The lowest BCUT2D eigenvalue weighted by Gasteiger charge is -2.48. The van der Waals surface area contributed by atoms with Crippen molar-refractivity contribution in [2.24, 2.45) is 11.1 Å². The summed E-state index contributed by atoms with van der Waals surface area (Å²) in [5.41, 5.74) is 16.0. The second kappa shape index (κ2) is 13.9. The van der Waals surface area contributed by atoms with Crippen LogP contribution in [-0.2, 0) is 43.6 Å². The van der Waals surface area contributed by atoms with Gasteiger partial charge in [0.05, 0.1) is 47.3 Å². The zero-order valence-corrected chi connectivity index (χ0v) is 28.3. The van der Waals surface area contributed by atoms with Crippen molar-refractivity contribution >= 4 is 27.8 Å². The van der Waals surface area contributed by atoms with Crippen molar-refractivity contribution in [3.63, 3.8) is 0 Å². The van der Waals surface area contributed by atoms with E-state index < -0.39 is 0 Å². The van der Waals surface area contributed by atoms with E-state index in [2.05, 4.69) is 68.9 Å². The number of hydrogen-bond donors (Lipinski definition) is 3. The summed E-state index contributed by atoms with van der Waals surface area (Å²) < 4.78 is 10.5. The van der Waals surface area contributed by atoms with Gasteiger partial charge in [0, 0.05) is 58.2 Å². The van der Waals surface area contributed by atoms with E-state index >= 15 is 0 Å². The number of aliphatic hydroxyl groups excluding tert-OH is 1. The Balaban J connectivity index is 1.18. The topological polar surface area (TPSA) is 150 Å². The Hall–Kier alpha value is -2.75. The van der Waals surface area contributed by atoms with Crippen LogP contribution < -0.4 is 16.3 Å². The Bertz CT molecular complexity index is 1560. The number of thiazole rings is 1. The van der Waals surface area contributed by atoms with Gasteiger partial charge in [-0.1, -0.05) is 26.0 Å². The molecule has 244 valence electrons. The van der Waals surface area contributed by atoms with E-state index in [0.29, 0.717) is 24.9 Å². The first kappa shape index (κ1) is 32.2. The average Bonchev–Trinajstić information content (AvgIpc) is 3.83. The Kier molecular flexibility index (Phi) is 9.97. The van der Waals surface area contributed by atoms with Crippen LogP contribution in [0, 0.1) is 5.41 Å². The number of ether oxygens (including phenoxy) is 1. The Morgan fingerprint density at radius 1 is 1.18 bits per heavy atom. The zero-order valence-electron chi connectivity index (χ0n) is 26.6. The molecule has 6 rings (SSSR count). The van der Waals surface area contributed by atoms with Crippen LogP contribution in [0.5, 0.6) is 0 Å². The fourth-order valence-electron chi connectivity index (χ4n) is 6.47. The van der Waals surface area contributed by atoms with Crippen LogP contribution in [0.15, 0.2) is 23.8 Å². The molecule has 5 heterocycles. The van der Waals surface area contributed by atoms with Crippen LogP contribution in [0.1, 0.15) is 84.5 Å². The highest BCUT2D eigenvalue weighted by Gasteiger charge is 2.49. The third-order valence-electron chi connectivity index (χ3n) is 9.38. The maximum absolute atomic E-state index is 10.2. The molecule has 12 nitrogen and oxygen atoms in total. The number of nitrogens with zero attached hydrogens (tertiary/aromatic N) is 8. The molecule has 1 saturated carbocycles. The lowest BCUT2D eigenvalue weighted by molar-refractivity contribution is -0.840. The lowest BCUT2D eigenvalue weighted by Crippen LogP contribution is -2.52. The molecule has 0 spiro atoms. The second-order valence-electron chi connectivity index (χ2n) is 12.9. The molecular formula is C31H47N10O2S2+. The van der Waals surface area contributed by atoms with Crippen LogP contribution in [0.3, 0.4) is 0 Å². The number of hydrogen-bond acceptors (Lipinski definition) is 11. The molecule has 45 heavy (non-hydrogen) atoms. The molecule has 1 fully saturated rings. The molecule has 0 saturated heterocycles. The molecule has 3 atom stereocenters. The molecule has 0 aromatic carbocycles. The highest BCUT2D eigenvalue weighted by atomic mass is 32.1. The maximum atomic E-state index is 10.2. The summed E-state index contributed by atoms with van der Waals surface area (Å²) in [6.45, 7) is 11.4. The number of aromatic nitrogens is 7. The first-order valence-corrected chi connectivity index (χ1v) is 17.8. The number of aliphatic hydroxyl groups is 1. The van der Waals surface area contributed by atoms with Crippen molar-refractivity contribution in [2.75, 3.05) is 32.0 Å². The van der Waals surface area contributed by atoms with E-state index in [1.807, 2.05) is 21.4 Å². The number of nitrogen functional groups attached to an aromatic ring is 1. The van der Waals surface area contributed by atoms with Gasteiger partial charge in [0.2, 0.25) is 0 Å². The van der Waals surface area contributed by atoms with E-state index in [1.165, 1.54) is 26.7 Å². The van der Waals surface area contributed by atoms with Crippen LogP contribution in [0.2, 0.25) is 0 Å². The Labute approximate surface area is 273 Å². The summed E-state index contributed by atoms with van der Waals surface area (Å²) in [5.74, 6) is 0. The predicted molar refractivity (Wildman–Crippen MR) is 175 cm³/mol. The van der Waals surface area contributed by atoms with E-state index in [-0.39, 0.29) is 23.6 Å². The highest BCUT2D eigenvalue weighted by Crippen LogP contribution is 2.49. The van der Waals surface area contributed by atoms with Crippen molar-refractivity contribution < 1.29 is 14.6 Å². The quantitative estimate of drug-likeness (QED) is 0.231. The van der Waals surface area contributed by atoms with Gasteiger partial charge in [0.15, 0.2) is 5.13 Å². The molecule has 4 aromatic rings. The molecule has 0 amide bonds. The highest BCUT2D eigenvalue weighted by molar-refractivity contribution is 7.13. The summed E-state index contributed by atoms with van der Waals surface area (Å²) in [4.78, 5) is 11.7. The van der Waals surface area contributed by atoms with Gasteiger partial charge in [0.25, 0.3) is 6.04 Å². The third kappa shape index (κ3) is 7.15. The van der Waals surface area contributed by atoms with Crippen molar-refractivity contribution in [2.45, 2.75) is 97.1 Å². The van der Waals surface area contributed by atoms with Gasteiger partial charge in [-0.15, -0.1) is 32.5 Å². The number of aryl methyl sites for hydroxylation is 4. The van der Waals surface area contributed by atoms with Gasteiger partial charge in [-0.2, -0.15) is 0 Å². The molecule has 14 heteroatoms. The van der Waals surface area contributed by atoms with E-state index in [1.54, 1.807) is 0 Å². The third-order valence-corrected chi connectivity index (χ3v) is 11.5.